The smallest absolute Gasteiger partial charge is 0.113 e. The number of aromatic nitrogens is 3. The van der Waals surface area contributed by atoms with Crippen LogP contribution < -0.4 is 0 Å². The molecular formula is C20H23N3. The maximum absolute atomic E-state index is 4.33. The summed E-state index contributed by atoms with van der Waals surface area (Å²) in [7, 11) is 0. The Morgan fingerprint density at radius 2 is 1.52 bits per heavy atom. The fourth-order valence-corrected chi connectivity index (χ4v) is 2.59. The van der Waals surface area contributed by atoms with Crippen molar-refractivity contribution in [2.24, 2.45) is 0 Å². The summed E-state index contributed by atoms with van der Waals surface area (Å²) in [6, 6.07) is 17.0. The monoisotopic (exact) mass is 305 g/mol. The normalized spacial score (nSPS) is 11.4. The maximum atomic E-state index is 4.33. The van der Waals surface area contributed by atoms with Gasteiger partial charge in [0.1, 0.15) is 5.69 Å². The summed E-state index contributed by atoms with van der Waals surface area (Å²) >= 11 is 0. The van der Waals surface area contributed by atoms with Crippen molar-refractivity contribution in [3.8, 4) is 16.9 Å². The standard InChI is InChI=1S/C20H23N3/c1-14(2)16-8-10-19(11-9-16)23-13-20(21-22-23)18-7-5-6-17(12-18)15(3)4/h5-15H,1-4H3. The van der Waals surface area contributed by atoms with Crippen LogP contribution in [-0.2, 0) is 0 Å². The number of nitrogens with zero attached hydrogens (tertiary/aromatic N) is 3. The molecule has 1 heterocycles. The topological polar surface area (TPSA) is 30.7 Å². The Hall–Kier alpha value is -2.42. The molecule has 0 aliphatic carbocycles. The third-order valence-electron chi connectivity index (χ3n) is 4.17. The molecule has 0 saturated carbocycles. The average molecular weight is 305 g/mol. The lowest BCUT2D eigenvalue weighted by atomic mass is 10.00. The van der Waals surface area contributed by atoms with Crippen LogP contribution in [0.1, 0.15) is 50.7 Å². The van der Waals surface area contributed by atoms with Crippen LogP contribution >= 0.6 is 0 Å². The zero-order chi connectivity index (χ0) is 16.4. The minimum atomic E-state index is 0.508. The van der Waals surface area contributed by atoms with E-state index in [1.165, 1.54) is 11.1 Å². The number of rotatable bonds is 4. The second-order valence-corrected chi connectivity index (χ2v) is 6.57. The molecule has 0 unspecified atom stereocenters. The van der Waals surface area contributed by atoms with Crippen LogP contribution in [-0.4, -0.2) is 15.0 Å². The van der Waals surface area contributed by atoms with Crippen LogP contribution in [0.3, 0.4) is 0 Å². The minimum Gasteiger partial charge on any atom is -0.220 e. The largest absolute Gasteiger partial charge is 0.220 e. The molecule has 0 spiro atoms. The quantitative estimate of drug-likeness (QED) is 0.665. The van der Waals surface area contributed by atoms with Gasteiger partial charge < -0.3 is 0 Å². The van der Waals surface area contributed by atoms with E-state index in [4.69, 9.17) is 0 Å². The van der Waals surface area contributed by atoms with E-state index in [-0.39, 0.29) is 0 Å². The zero-order valence-corrected chi connectivity index (χ0v) is 14.2. The van der Waals surface area contributed by atoms with E-state index in [1.807, 2.05) is 10.9 Å². The van der Waals surface area contributed by atoms with Gasteiger partial charge in [-0.25, -0.2) is 4.68 Å². The molecule has 3 nitrogen and oxygen atoms in total. The van der Waals surface area contributed by atoms with Crippen molar-refractivity contribution in [2.75, 3.05) is 0 Å². The second kappa shape index (κ2) is 6.37. The number of benzene rings is 2. The fourth-order valence-electron chi connectivity index (χ4n) is 2.59. The third kappa shape index (κ3) is 3.34. The molecule has 0 aliphatic heterocycles. The zero-order valence-electron chi connectivity index (χ0n) is 14.2. The Morgan fingerprint density at radius 1 is 0.826 bits per heavy atom. The molecule has 3 rings (SSSR count). The highest BCUT2D eigenvalue weighted by Crippen LogP contribution is 2.23. The summed E-state index contributed by atoms with van der Waals surface area (Å²) in [5, 5.41) is 8.61. The molecule has 0 fully saturated rings. The Balaban J connectivity index is 1.89. The summed E-state index contributed by atoms with van der Waals surface area (Å²) in [6.45, 7) is 8.80. The van der Waals surface area contributed by atoms with Gasteiger partial charge >= 0.3 is 0 Å². The van der Waals surface area contributed by atoms with E-state index in [0.717, 1.165) is 16.9 Å². The van der Waals surface area contributed by atoms with Crippen molar-refractivity contribution in [3.63, 3.8) is 0 Å². The first-order chi connectivity index (χ1) is 11.0. The van der Waals surface area contributed by atoms with Crippen molar-refractivity contribution in [1.29, 1.82) is 0 Å². The second-order valence-electron chi connectivity index (χ2n) is 6.57. The van der Waals surface area contributed by atoms with E-state index in [0.29, 0.717) is 11.8 Å². The molecular weight excluding hydrogens is 282 g/mol. The highest BCUT2D eigenvalue weighted by molar-refractivity contribution is 5.59. The van der Waals surface area contributed by atoms with Gasteiger partial charge in [0.25, 0.3) is 0 Å². The van der Waals surface area contributed by atoms with Crippen LogP contribution in [0, 0.1) is 0 Å². The highest BCUT2D eigenvalue weighted by Gasteiger charge is 2.08. The Bertz CT molecular complexity index is 783. The summed E-state index contributed by atoms with van der Waals surface area (Å²) in [4.78, 5) is 0. The van der Waals surface area contributed by atoms with Crippen LogP contribution in [0.25, 0.3) is 16.9 Å². The Morgan fingerprint density at radius 3 is 2.17 bits per heavy atom. The molecule has 118 valence electrons. The van der Waals surface area contributed by atoms with Gasteiger partial charge in [-0.15, -0.1) is 5.10 Å². The Labute approximate surface area is 138 Å². The van der Waals surface area contributed by atoms with Gasteiger partial charge in [-0.05, 0) is 41.2 Å². The van der Waals surface area contributed by atoms with Gasteiger partial charge in [-0.1, -0.05) is 63.2 Å². The molecule has 3 aromatic rings. The number of hydrogen-bond donors (Lipinski definition) is 0. The van der Waals surface area contributed by atoms with E-state index in [1.54, 1.807) is 0 Å². The molecule has 0 amide bonds. The lowest BCUT2D eigenvalue weighted by Gasteiger charge is -2.06. The van der Waals surface area contributed by atoms with E-state index in [2.05, 4.69) is 86.5 Å². The van der Waals surface area contributed by atoms with E-state index < -0.39 is 0 Å². The summed E-state index contributed by atoms with van der Waals surface area (Å²) in [6.07, 6.45) is 1.99. The molecule has 0 saturated heterocycles. The van der Waals surface area contributed by atoms with Gasteiger partial charge in [0, 0.05) is 5.56 Å². The van der Waals surface area contributed by atoms with Crippen LogP contribution in [0.15, 0.2) is 54.7 Å². The molecule has 0 radical (unpaired) electrons. The summed E-state index contributed by atoms with van der Waals surface area (Å²) < 4.78 is 1.83. The minimum absolute atomic E-state index is 0.508. The predicted octanol–water partition coefficient (Wildman–Crippen LogP) is 5.18. The van der Waals surface area contributed by atoms with Gasteiger partial charge in [-0.3, -0.25) is 0 Å². The molecule has 23 heavy (non-hydrogen) atoms. The first-order valence-corrected chi connectivity index (χ1v) is 8.17. The molecule has 1 aromatic heterocycles. The van der Waals surface area contributed by atoms with Gasteiger partial charge in [-0.2, -0.15) is 0 Å². The van der Waals surface area contributed by atoms with Crippen molar-refractivity contribution in [3.05, 3.63) is 65.9 Å². The molecule has 3 heteroatoms. The van der Waals surface area contributed by atoms with Gasteiger partial charge in [0.2, 0.25) is 0 Å². The molecule has 0 bridgehead atoms. The fraction of sp³-hybridized carbons (Fsp3) is 0.300. The van der Waals surface area contributed by atoms with Crippen molar-refractivity contribution >= 4 is 0 Å². The molecule has 0 atom stereocenters. The first kappa shape index (κ1) is 15.5. The summed E-state index contributed by atoms with van der Waals surface area (Å²) in [5.41, 5.74) is 5.70. The van der Waals surface area contributed by atoms with Gasteiger partial charge in [0.05, 0.1) is 11.9 Å². The lowest BCUT2D eigenvalue weighted by molar-refractivity contribution is 0.800. The van der Waals surface area contributed by atoms with Crippen LogP contribution in [0.2, 0.25) is 0 Å². The van der Waals surface area contributed by atoms with E-state index in [9.17, 15) is 0 Å². The molecule has 0 N–H and O–H groups in total. The van der Waals surface area contributed by atoms with Crippen LogP contribution in [0.5, 0.6) is 0 Å². The average Bonchev–Trinajstić information content (AvgIpc) is 3.05. The van der Waals surface area contributed by atoms with Crippen LogP contribution in [0.4, 0.5) is 0 Å². The SMILES string of the molecule is CC(C)c1ccc(-n2cc(-c3cccc(C(C)C)c3)nn2)cc1. The maximum Gasteiger partial charge on any atom is 0.113 e. The van der Waals surface area contributed by atoms with Crippen molar-refractivity contribution in [2.45, 2.75) is 39.5 Å². The molecule has 2 aromatic carbocycles. The number of hydrogen-bond acceptors (Lipinski definition) is 2. The predicted molar refractivity (Wildman–Crippen MR) is 95.0 cm³/mol. The van der Waals surface area contributed by atoms with E-state index >= 15 is 0 Å². The third-order valence-corrected chi connectivity index (χ3v) is 4.17. The Kier molecular flexibility index (Phi) is 4.28. The van der Waals surface area contributed by atoms with Crippen molar-refractivity contribution < 1.29 is 0 Å². The van der Waals surface area contributed by atoms with Crippen molar-refractivity contribution in [1.82, 2.24) is 15.0 Å². The highest BCUT2D eigenvalue weighted by atomic mass is 15.4. The summed E-state index contributed by atoms with van der Waals surface area (Å²) in [5.74, 6) is 1.04. The molecule has 0 aliphatic rings. The first-order valence-electron chi connectivity index (χ1n) is 8.17. The lowest BCUT2D eigenvalue weighted by Crippen LogP contribution is -1.95. The van der Waals surface area contributed by atoms with Gasteiger partial charge in [0.15, 0.2) is 0 Å².